The number of benzene rings is 3. The molecule has 1 aromatic heterocycles. The summed E-state index contributed by atoms with van der Waals surface area (Å²) >= 11 is 0. The first kappa shape index (κ1) is 25.4. The molecule has 1 fully saturated rings. The topological polar surface area (TPSA) is 136 Å². The van der Waals surface area contributed by atoms with Gasteiger partial charge in [-0.25, -0.2) is 9.78 Å². The molecule has 0 bridgehead atoms. The van der Waals surface area contributed by atoms with E-state index < -0.39 is 12.3 Å². The van der Waals surface area contributed by atoms with Crippen LogP contribution in [-0.4, -0.2) is 47.8 Å². The number of hydrogen-bond donors (Lipinski definition) is 4. The van der Waals surface area contributed by atoms with E-state index in [4.69, 9.17) is 9.15 Å². The number of fused-ring (bicyclic) bond motifs is 1. The van der Waals surface area contributed by atoms with Gasteiger partial charge in [0.05, 0.1) is 12.8 Å². The van der Waals surface area contributed by atoms with E-state index in [0.29, 0.717) is 41.4 Å². The molecule has 0 radical (unpaired) electrons. The first-order valence-corrected chi connectivity index (χ1v) is 12.7. The number of anilines is 1. The highest BCUT2D eigenvalue weighted by Crippen LogP contribution is 2.33. The highest BCUT2D eigenvalue weighted by atomic mass is 16.5. The number of nitrogens with zero attached hydrogens (tertiary/aromatic N) is 1. The van der Waals surface area contributed by atoms with Crippen LogP contribution in [-0.2, 0) is 4.79 Å². The Balaban J connectivity index is 1.19. The molecule has 1 aliphatic rings. The highest BCUT2D eigenvalue weighted by molar-refractivity contribution is 5.92. The van der Waals surface area contributed by atoms with Crippen molar-refractivity contribution in [3.63, 3.8) is 0 Å². The van der Waals surface area contributed by atoms with E-state index >= 15 is 0 Å². The van der Waals surface area contributed by atoms with Crippen molar-refractivity contribution in [2.24, 2.45) is 0 Å². The lowest BCUT2D eigenvalue weighted by molar-refractivity contribution is -0.119. The lowest BCUT2D eigenvalue weighted by Crippen LogP contribution is -2.29. The maximum Gasteiger partial charge on any atom is 0.319 e. The number of ether oxygens (including phenoxy) is 1. The third kappa shape index (κ3) is 6.01. The summed E-state index contributed by atoms with van der Waals surface area (Å²) in [6.07, 6.45) is 2.01. The van der Waals surface area contributed by atoms with Crippen molar-refractivity contribution in [2.45, 2.75) is 38.0 Å². The van der Waals surface area contributed by atoms with E-state index in [9.17, 15) is 14.7 Å². The summed E-state index contributed by atoms with van der Waals surface area (Å²) in [4.78, 5) is 28.9. The summed E-state index contributed by atoms with van der Waals surface area (Å²) in [5.41, 5.74) is 4.78. The lowest BCUT2D eigenvalue weighted by Gasteiger charge is -2.12. The number of aromatic nitrogens is 1. The Morgan fingerprint density at radius 1 is 1.00 bits per heavy atom. The number of ketones is 1. The molecule has 1 aliphatic heterocycles. The second-order valence-corrected chi connectivity index (χ2v) is 9.23. The van der Waals surface area contributed by atoms with E-state index in [2.05, 4.69) is 33.1 Å². The molecule has 2 amide bonds. The van der Waals surface area contributed by atoms with Crippen LogP contribution in [0.4, 0.5) is 10.5 Å². The van der Waals surface area contributed by atoms with E-state index in [1.54, 1.807) is 19.2 Å². The Hall–Kier alpha value is -4.21. The van der Waals surface area contributed by atoms with Gasteiger partial charge in [0.2, 0.25) is 5.89 Å². The van der Waals surface area contributed by atoms with Gasteiger partial charge in [0.15, 0.2) is 11.4 Å². The molecule has 0 aliphatic carbocycles. The predicted octanol–water partition coefficient (Wildman–Crippen LogP) is 4.71. The minimum absolute atomic E-state index is 0.0331. The molecule has 4 N–H and O–H groups in total. The van der Waals surface area contributed by atoms with Crippen LogP contribution < -0.4 is 20.7 Å². The maximum absolute atomic E-state index is 12.5. The van der Waals surface area contributed by atoms with Crippen molar-refractivity contribution in [3.05, 3.63) is 66.7 Å². The van der Waals surface area contributed by atoms with Crippen molar-refractivity contribution in [2.75, 3.05) is 19.0 Å². The number of aliphatic hydroxyl groups is 1. The molecule has 0 spiro atoms. The van der Waals surface area contributed by atoms with Crippen LogP contribution >= 0.6 is 0 Å². The zero-order valence-electron chi connectivity index (χ0n) is 21.1. The van der Waals surface area contributed by atoms with Crippen molar-refractivity contribution >= 4 is 28.6 Å². The minimum Gasteiger partial charge on any atom is -0.495 e. The molecule has 2 atom stereocenters. The van der Waals surface area contributed by atoms with E-state index in [1.807, 2.05) is 42.5 Å². The Labute approximate surface area is 220 Å². The monoisotopic (exact) mass is 514 g/mol. The number of Topliss-reactive ketones (excluding diaryl/α,β-unsaturated/α-hetero) is 1. The van der Waals surface area contributed by atoms with Crippen molar-refractivity contribution in [3.8, 4) is 28.3 Å². The second-order valence-electron chi connectivity index (χ2n) is 9.23. The summed E-state index contributed by atoms with van der Waals surface area (Å²) < 4.78 is 11.4. The van der Waals surface area contributed by atoms with Gasteiger partial charge in [-0.3, -0.25) is 10.1 Å². The van der Waals surface area contributed by atoms with Gasteiger partial charge in [-0.2, -0.15) is 0 Å². The Morgan fingerprint density at radius 3 is 2.55 bits per heavy atom. The predicted molar refractivity (Wildman–Crippen MR) is 145 cm³/mol. The summed E-state index contributed by atoms with van der Waals surface area (Å²) in [5.74, 6) is 0.992. The average molecular weight is 515 g/mol. The minimum atomic E-state index is -0.682. The van der Waals surface area contributed by atoms with Gasteiger partial charge in [0.25, 0.3) is 0 Å². The number of methoxy groups -OCH3 is 1. The van der Waals surface area contributed by atoms with E-state index in [-0.39, 0.29) is 11.8 Å². The Kier molecular flexibility index (Phi) is 7.67. The average Bonchev–Trinajstić information content (AvgIpc) is 3.52. The number of rotatable bonds is 11. The molecule has 4 aromatic rings. The molecule has 5 rings (SSSR count). The fourth-order valence-corrected chi connectivity index (χ4v) is 4.32. The molecule has 3 aromatic carbocycles. The Bertz CT molecular complexity index is 1440. The van der Waals surface area contributed by atoms with Crippen LogP contribution in [0.1, 0.15) is 25.7 Å². The smallest absolute Gasteiger partial charge is 0.319 e. The first-order valence-electron chi connectivity index (χ1n) is 12.7. The van der Waals surface area contributed by atoms with E-state index in [1.165, 1.54) is 0 Å². The fraction of sp³-hybridized carbons (Fsp3) is 0.276. The summed E-state index contributed by atoms with van der Waals surface area (Å²) in [6.45, 7) is 0.473. The van der Waals surface area contributed by atoms with Crippen LogP contribution in [0.5, 0.6) is 5.75 Å². The van der Waals surface area contributed by atoms with Crippen LogP contribution in [0.2, 0.25) is 0 Å². The van der Waals surface area contributed by atoms with E-state index in [0.717, 1.165) is 35.9 Å². The molecule has 9 heteroatoms. The molecule has 1 saturated heterocycles. The molecule has 196 valence electrons. The van der Waals surface area contributed by atoms with Gasteiger partial charge in [-0.05, 0) is 54.3 Å². The molecule has 2 heterocycles. The molecular formula is C29H30N4O5. The number of urea groups is 1. The maximum atomic E-state index is 12.5. The van der Waals surface area contributed by atoms with Crippen LogP contribution in [0, 0.1) is 0 Å². The fourth-order valence-electron chi connectivity index (χ4n) is 4.32. The molecule has 9 nitrogen and oxygen atoms in total. The number of carbonyl (C=O) groups excluding carboxylic acids is 2. The second kappa shape index (κ2) is 11.5. The van der Waals surface area contributed by atoms with Gasteiger partial charge in [-0.15, -0.1) is 0 Å². The molecule has 38 heavy (non-hydrogen) atoms. The number of carbonyl (C=O) groups is 2. The van der Waals surface area contributed by atoms with Gasteiger partial charge < -0.3 is 24.9 Å². The van der Waals surface area contributed by atoms with Crippen LogP contribution in [0.15, 0.2) is 71.1 Å². The number of hydrogen-bond acceptors (Lipinski definition) is 7. The third-order valence-electron chi connectivity index (χ3n) is 6.48. The number of oxazole rings is 1. The zero-order chi connectivity index (χ0) is 26.5. The van der Waals surface area contributed by atoms with Gasteiger partial charge in [0, 0.05) is 18.5 Å². The van der Waals surface area contributed by atoms with Crippen molar-refractivity contribution in [1.82, 2.24) is 15.6 Å². The van der Waals surface area contributed by atoms with Gasteiger partial charge >= 0.3 is 6.03 Å². The standard InChI is InChI=1S/C29H30N4O5/c1-37-24-13-12-20(28-31-22-16-19(11-14-25(22)38-28)18-8-4-2-5-9-18)17-21(24)32-29(36)30-15-7-3-6-10-23(34)26-27(35)33-26/h2,4-5,8-9,11-14,16-17,26-27,33,35H,3,6-7,10,15H2,1H3,(H2,30,32,36). The molecule has 2 unspecified atom stereocenters. The summed E-state index contributed by atoms with van der Waals surface area (Å²) in [6, 6.07) is 20.6. The number of amides is 2. The molecule has 0 saturated carbocycles. The Morgan fingerprint density at radius 2 is 1.79 bits per heavy atom. The normalized spacial score (nSPS) is 16.3. The van der Waals surface area contributed by atoms with Crippen LogP contribution in [0.3, 0.4) is 0 Å². The van der Waals surface area contributed by atoms with Gasteiger partial charge in [-0.1, -0.05) is 42.8 Å². The highest BCUT2D eigenvalue weighted by Gasteiger charge is 2.39. The SMILES string of the molecule is COc1ccc(-c2nc3cc(-c4ccccc4)ccc3o2)cc1NC(=O)NCCCCCC(=O)C1NC1O. The molecular weight excluding hydrogens is 484 g/mol. The zero-order valence-corrected chi connectivity index (χ0v) is 21.1. The number of nitrogens with one attached hydrogen (secondary N) is 3. The lowest BCUT2D eigenvalue weighted by atomic mass is 10.1. The quantitative estimate of drug-likeness (QED) is 0.168. The van der Waals surface area contributed by atoms with Gasteiger partial charge in [0.1, 0.15) is 23.5 Å². The van der Waals surface area contributed by atoms with Crippen LogP contribution in [0.25, 0.3) is 33.7 Å². The third-order valence-corrected chi connectivity index (χ3v) is 6.48. The van der Waals surface area contributed by atoms with Crippen molar-refractivity contribution in [1.29, 1.82) is 0 Å². The first-order chi connectivity index (χ1) is 18.5. The number of aliphatic hydroxyl groups excluding tert-OH is 1. The summed E-state index contributed by atoms with van der Waals surface area (Å²) in [7, 11) is 1.54. The summed E-state index contributed by atoms with van der Waals surface area (Å²) in [5, 5.41) is 17.6. The number of unbranched alkanes of at least 4 members (excludes halogenated alkanes) is 2. The van der Waals surface area contributed by atoms with Crippen molar-refractivity contribution < 1.29 is 23.8 Å². The largest absolute Gasteiger partial charge is 0.495 e.